The van der Waals surface area contributed by atoms with Crippen molar-refractivity contribution in [1.29, 1.82) is 0 Å². The number of ether oxygens (including phenoxy) is 1. The average molecular weight is 404 g/mol. The number of morpholine rings is 1. The predicted octanol–water partition coefficient (Wildman–Crippen LogP) is 0.347. The second-order valence-electron chi connectivity index (χ2n) is 7.11. The Balaban J connectivity index is 1.32. The Morgan fingerprint density at radius 1 is 1.04 bits per heavy atom. The third kappa shape index (κ3) is 4.31. The molecular formula is C19H24N4O4S. The van der Waals surface area contributed by atoms with E-state index in [-0.39, 0.29) is 17.7 Å². The second kappa shape index (κ2) is 8.50. The van der Waals surface area contributed by atoms with Crippen LogP contribution >= 0.6 is 11.8 Å². The Labute approximate surface area is 168 Å². The molecule has 9 heteroatoms. The molecule has 3 aliphatic heterocycles. The van der Waals surface area contributed by atoms with Gasteiger partial charge in [-0.3, -0.25) is 19.3 Å². The fraction of sp³-hybridized carbons (Fsp3) is 0.526. The van der Waals surface area contributed by atoms with E-state index in [9.17, 15) is 14.4 Å². The van der Waals surface area contributed by atoms with Gasteiger partial charge in [0.1, 0.15) is 0 Å². The molecule has 1 N–H and O–H groups in total. The minimum Gasteiger partial charge on any atom is -0.379 e. The lowest BCUT2D eigenvalue weighted by atomic mass is 10.1. The van der Waals surface area contributed by atoms with E-state index in [1.165, 1.54) is 11.8 Å². The Bertz CT molecular complexity index is 773. The van der Waals surface area contributed by atoms with Crippen molar-refractivity contribution in [2.24, 2.45) is 0 Å². The van der Waals surface area contributed by atoms with Gasteiger partial charge in [-0.05, 0) is 18.2 Å². The summed E-state index contributed by atoms with van der Waals surface area (Å²) in [5, 5.41) is 2.82. The zero-order chi connectivity index (χ0) is 19.5. The van der Waals surface area contributed by atoms with Crippen molar-refractivity contribution in [3.05, 3.63) is 23.8 Å². The van der Waals surface area contributed by atoms with Gasteiger partial charge >= 0.3 is 0 Å². The number of rotatable bonds is 3. The number of thioether (sulfide) groups is 1. The monoisotopic (exact) mass is 404 g/mol. The lowest BCUT2D eigenvalue weighted by Crippen LogP contribution is -2.53. The topological polar surface area (TPSA) is 82.2 Å². The van der Waals surface area contributed by atoms with Gasteiger partial charge in [0.2, 0.25) is 11.8 Å². The number of carbonyl (C=O) groups is 3. The van der Waals surface area contributed by atoms with E-state index in [1.807, 2.05) is 17.0 Å². The highest BCUT2D eigenvalue weighted by molar-refractivity contribution is 8.00. The van der Waals surface area contributed by atoms with E-state index in [0.717, 1.165) is 18.0 Å². The largest absolute Gasteiger partial charge is 0.379 e. The summed E-state index contributed by atoms with van der Waals surface area (Å²) in [7, 11) is 0. The quantitative estimate of drug-likeness (QED) is 0.783. The van der Waals surface area contributed by atoms with Crippen molar-refractivity contribution in [3.8, 4) is 0 Å². The fourth-order valence-corrected chi connectivity index (χ4v) is 4.40. The molecule has 3 heterocycles. The maximum atomic E-state index is 12.8. The minimum atomic E-state index is -0.0621. The van der Waals surface area contributed by atoms with Crippen LogP contribution in [0, 0.1) is 0 Å². The van der Waals surface area contributed by atoms with E-state index < -0.39 is 0 Å². The molecule has 1 aromatic rings. The number of piperazine rings is 1. The smallest absolute Gasteiger partial charge is 0.254 e. The summed E-state index contributed by atoms with van der Waals surface area (Å²) in [6.45, 7) is 5.48. The molecule has 0 radical (unpaired) electrons. The van der Waals surface area contributed by atoms with Crippen LogP contribution in [0.4, 0.5) is 5.69 Å². The maximum absolute atomic E-state index is 12.8. The maximum Gasteiger partial charge on any atom is 0.254 e. The van der Waals surface area contributed by atoms with Gasteiger partial charge in [0.15, 0.2) is 0 Å². The predicted molar refractivity (Wildman–Crippen MR) is 106 cm³/mol. The van der Waals surface area contributed by atoms with E-state index in [4.69, 9.17) is 4.74 Å². The third-order valence-electron chi connectivity index (χ3n) is 5.24. The van der Waals surface area contributed by atoms with Gasteiger partial charge in [0.05, 0.1) is 31.2 Å². The number of amides is 3. The second-order valence-corrected chi connectivity index (χ2v) is 8.13. The van der Waals surface area contributed by atoms with Gasteiger partial charge in [-0.25, -0.2) is 0 Å². The molecule has 0 atom stereocenters. The molecule has 3 aliphatic rings. The first kappa shape index (κ1) is 19.2. The van der Waals surface area contributed by atoms with Gasteiger partial charge in [0.25, 0.3) is 5.91 Å². The Morgan fingerprint density at radius 2 is 1.75 bits per heavy atom. The first-order valence-corrected chi connectivity index (χ1v) is 10.5. The van der Waals surface area contributed by atoms with Gasteiger partial charge in [-0.1, -0.05) is 0 Å². The number of nitrogens with one attached hydrogen (secondary N) is 1. The molecule has 28 heavy (non-hydrogen) atoms. The van der Waals surface area contributed by atoms with Crippen LogP contribution in [0.5, 0.6) is 0 Å². The fourth-order valence-electron chi connectivity index (χ4n) is 3.61. The minimum absolute atomic E-state index is 0.0468. The van der Waals surface area contributed by atoms with E-state index in [0.29, 0.717) is 62.9 Å². The highest BCUT2D eigenvalue weighted by Gasteiger charge is 2.27. The number of benzene rings is 1. The molecule has 0 bridgehead atoms. The van der Waals surface area contributed by atoms with Gasteiger partial charge in [0, 0.05) is 49.7 Å². The molecule has 0 aromatic heterocycles. The van der Waals surface area contributed by atoms with Crippen LogP contribution in [0.2, 0.25) is 0 Å². The molecule has 0 unspecified atom stereocenters. The molecular weight excluding hydrogens is 380 g/mol. The number of nitrogens with zero attached hydrogens (tertiary/aromatic N) is 3. The van der Waals surface area contributed by atoms with Gasteiger partial charge in [-0.15, -0.1) is 11.8 Å². The van der Waals surface area contributed by atoms with Crippen molar-refractivity contribution in [2.45, 2.75) is 4.90 Å². The zero-order valence-corrected chi connectivity index (χ0v) is 16.5. The van der Waals surface area contributed by atoms with Crippen molar-refractivity contribution in [1.82, 2.24) is 14.7 Å². The Morgan fingerprint density at radius 3 is 2.50 bits per heavy atom. The number of fused-ring (bicyclic) bond motifs is 1. The summed E-state index contributed by atoms with van der Waals surface area (Å²) < 4.78 is 5.31. The van der Waals surface area contributed by atoms with Crippen LogP contribution in [0.15, 0.2) is 23.1 Å². The SMILES string of the molecule is O=C1CSc2ccc(C(=O)N3CCN(C(=O)CN4CCOCC4)CC3)cc2N1. The van der Waals surface area contributed by atoms with Gasteiger partial charge < -0.3 is 19.9 Å². The molecule has 2 saturated heterocycles. The first-order valence-electron chi connectivity index (χ1n) is 9.54. The molecule has 2 fully saturated rings. The lowest BCUT2D eigenvalue weighted by Gasteiger charge is -2.36. The number of carbonyl (C=O) groups excluding carboxylic acids is 3. The summed E-state index contributed by atoms with van der Waals surface area (Å²) >= 11 is 1.48. The van der Waals surface area contributed by atoms with Crippen LogP contribution in [0.25, 0.3) is 0 Å². The summed E-state index contributed by atoms with van der Waals surface area (Å²) in [5.74, 6) is 0.408. The van der Waals surface area contributed by atoms with E-state index in [1.54, 1.807) is 11.0 Å². The molecule has 0 aliphatic carbocycles. The highest BCUT2D eigenvalue weighted by atomic mass is 32.2. The molecule has 0 saturated carbocycles. The number of hydrogen-bond donors (Lipinski definition) is 1. The Hall–Kier alpha value is -2.10. The molecule has 150 valence electrons. The summed E-state index contributed by atoms with van der Waals surface area (Å²) in [6, 6.07) is 5.44. The zero-order valence-electron chi connectivity index (χ0n) is 15.7. The van der Waals surface area contributed by atoms with Crippen LogP contribution < -0.4 is 5.32 Å². The molecule has 1 aromatic carbocycles. The number of hydrogen-bond acceptors (Lipinski definition) is 6. The lowest BCUT2D eigenvalue weighted by molar-refractivity contribution is -0.134. The van der Waals surface area contributed by atoms with Crippen molar-refractivity contribution in [2.75, 3.05) is 70.1 Å². The number of anilines is 1. The van der Waals surface area contributed by atoms with E-state index >= 15 is 0 Å². The van der Waals surface area contributed by atoms with Crippen LogP contribution in [-0.4, -0.2) is 97.2 Å². The summed E-state index contributed by atoms with van der Waals surface area (Å²) in [6.07, 6.45) is 0. The molecule has 8 nitrogen and oxygen atoms in total. The van der Waals surface area contributed by atoms with Gasteiger partial charge in [-0.2, -0.15) is 0 Å². The van der Waals surface area contributed by atoms with E-state index in [2.05, 4.69) is 10.2 Å². The van der Waals surface area contributed by atoms with Crippen LogP contribution in [0.1, 0.15) is 10.4 Å². The average Bonchev–Trinajstić information content (AvgIpc) is 2.73. The first-order chi connectivity index (χ1) is 13.6. The van der Waals surface area contributed by atoms with Crippen molar-refractivity contribution >= 4 is 35.2 Å². The van der Waals surface area contributed by atoms with Crippen molar-refractivity contribution < 1.29 is 19.1 Å². The Kier molecular flexibility index (Phi) is 5.84. The third-order valence-corrected chi connectivity index (χ3v) is 6.32. The van der Waals surface area contributed by atoms with Crippen LogP contribution in [0.3, 0.4) is 0 Å². The summed E-state index contributed by atoms with van der Waals surface area (Å²) in [5.41, 5.74) is 1.26. The molecule has 0 spiro atoms. The summed E-state index contributed by atoms with van der Waals surface area (Å²) in [4.78, 5) is 43.6. The molecule has 4 rings (SSSR count). The molecule has 3 amide bonds. The standard InChI is InChI=1S/C19H24N4O4S/c24-17-13-28-16-2-1-14(11-15(16)20-17)19(26)23-5-3-22(4-6-23)18(25)12-21-7-9-27-10-8-21/h1-2,11H,3-10,12-13H2,(H,20,24). The highest BCUT2D eigenvalue weighted by Crippen LogP contribution is 2.32. The van der Waals surface area contributed by atoms with Crippen LogP contribution in [-0.2, 0) is 14.3 Å². The van der Waals surface area contributed by atoms with Crippen molar-refractivity contribution in [3.63, 3.8) is 0 Å². The normalized spacial score (nSPS) is 20.5.